The lowest BCUT2D eigenvalue weighted by Crippen LogP contribution is -1.80. The van der Waals surface area contributed by atoms with Crippen molar-refractivity contribution in [2.75, 3.05) is 0 Å². The normalized spacial score (nSPS) is 16.2. The van der Waals surface area contributed by atoms with Gasteiger partial charge in [0.2, 0.25) is 5.12 Å². The molecule has 9 heavy (non-hydrogen) atoms. The van der Waals surface area contributed by atoms with E-state index in [0.29, 0.717) is 0 Å². The smallest absolute Gasteiger partial charge is 0.220 e. The van der Waals surface area contributed by atoms with Crippen LogP contribution in [-0.4, -0.2) is 5.12 Å². The van der Waals surface area contributed by atoms with Gasteiger partial charge in [0.1, 0.15) is 0 Å². The first-order chi connectivity index (χ1) is 4.38. The zero-order valence-corrected chi connectivity index (χ0v) is 6.22. The summed E-state index contributed by atoms with van der Waals surface area (Å²) in [6.45, 7) is 0. The number of fused-ring (bicyclic) bond motifs is 1. The third-order valence-corrected chi connectivity index (χ3v) is 3.32. The molecular formula is C6H4OS2. The van der Waals surface area contributed by atoms with Crippen LogP contribution in [0.5, 0.6) is 0 Å². The molecule has 3 heteroatoms. The van der Waals surface area contributed by atoms with Crippen molar-refractivity contribution < 1.29 is 4.79 Å². The second kappa shape index (κ2) is 1.85. The van der Waals surface area contributed by atoms with Crippen LogP contribution in [0.2, 0.25) is 0 Å². The second-order valence-corrected chi connectivity index (χ2v) is 3.78. The van der Waals surface area contributed by atoms with Crippen LogP contribution in [0.15, 0.2) is 11.4 Å². The minimum absolute atomic E-state index is 0.242. The van der Waals surface area contributed by atoms with Gasteiger partial charge in [0.15, 0.2) is 0 Å². The van der Waals surface area contributed by atoms with Crippen molar-refractivity contribution in [1.29, 1.82) is 0 Å². The molecule has 1 nitrogen and oxygen atoms in total. The fourth-order valence-corrected chi connectivity index (χ4v) is 2.78. The van der Waals surface area contributed by atoms with Crippen molar-refractivity contribution in [3.05, 3.63) is 21.9 Å². The van der Waals surface area contributed by atoms with E-state index in [1.807, 2.05) is 11.4 Å². The molecule has 0 bridgehead atoms. The van der Waals surface area contributed by atoms with E-state index in [-0.39, 0.29) is 5.12 Å². The molecule has 1 aromatic heterocycles. The lowest BCUT2D eigenvalue weighted by molar-refractivity contribution is 0.109. The average molecular weight is 156 g/mol. The Morgan fingerprint density at radius 1 is 1.56 bits per heavy atom. The Bertz CT molecular complexity index is 251. The van der Waals surface area contributed by atoms with E-state index < -0.39 is 0 Å². The van der Waals surface area contributed by atoms with Crippen molar-refractivity contribution in [1.82, 2.24) is 0 Å². The van der Waals surface area contributed by atoms with Crippen LogP contribution in [0.4, 0.5) is 0 Å². The van der Waals surface area contributed by atoms with Gasteiger partial charge in [-0.25, -0.2) is 0 Å². The number of thioether (sulfide) groups is 1. The fourth-order valence-electron chi connectivity index (χ4n) is 0.843. The standard InChI is InChI=1S/C6H4OS2/c7-6-4-1-2-8-5(4)3-9-6/h1-2H,3H2. The molecule has 0 atom stereocenters. The van der Waals surface area contributed by atoms with Crippen LogP contribution >= 0.6 is 23.1 Å². The summed E-state index contributed by atoms with van der Waals surface area (Å²) in [6, 6.07) is 1.91. The first-order valence-corrected chi connectivity index (χ1v) is 4.48. The van der Waals surface area contributed by atoms with Crippen molar-refractivity contribution in [2.24, 2.45) is 0 Å². The van der Waals surface area contributed by atoms with E-state index in [4.69, 9.17) is 0 Å². The molecule has 0 aromatic carbocycles. The summed E-state index contributed by atoms with van der Waals surface area (Å²) in [5, 5.41) is 2.22. The molecule has 0 N–H and O–H groups in total. The van der Waals surface area contributed by atoms with Crippen LogP contribution in [0.3, 0.4) is 0 Å². The van der Waals surface area contributed by atoms with Crippen LogP contribution in [0, 0.1) is 0 Å². The Balaban J connectivity index is 2.61. The van der Waals surface area contributed by atoms with Gasteiger partial charge in [-0.1, -0.05) is 11.8 Å². The largest absolute Gasteiger partial charge is 0.282 e. The molecule has 46 valence electrons. The minimum atomic E-state index is 0.242. The summed E-state index contributed by atoms with van der Waals surface area (Å²) < 4.78 is 0. The van der Waals surface area contributed by atoms with Crippen molar-refractivity contribution >= 4 is 28.2 Å². The molecule has 0 aliphatic carbocycles. The van der Waals surface area contributed by atoms with Gasteiger partial charge in [0, 0.05) is 16.2 Å². The summed E-state index contributed by atoms with van der Waals surface area (Å²) in [6.07, 6.45) is 0. The summed E-state index contributed by atoms with van der Waals surface area (Å²) >= 11 is 3.08. The van der Waals surface area contributed by atoms with Crippen molar-refractivity contribution in [2.45, 2.75) is 5.75 Å². The predicted molar refractivity (Wildman–Crippen MR) is 39.9 cm³/mol. The van der Waals surface area contributed by atoms with Gasteiger partial charge in [-0.05, 0) is 11.4 Å². The fraction of sp³-hybridized carbons (Fsp3) is 0.167. The number of rotatable bonds is 0. The van der Waals surface area contributed by atoms with Gasteiger partial charge in [-0.2, -0.15) is 0 Å². The maximum absolute atomic E-state index is 10.9. The van der Waals surface area contributed by atoms with Crippen molar-refractivity contribution in [3.8, 4) is 0 Å². The Labute approximate surface area is 61.1 Å². The molecule has 0 fully saturated rings. The van der Waals surface area contributed by atoms with Gasteiger partial charge in [-0.3, -0.25) is 4.79 Å². The highest BCUT2D eigenvalue weighted by atomic mass is 32.2. The topological polar surface area (TPSA) is 17.1 Å². The van der Waals surface area contributed by atoms with Crippen LogP contribution in [0.25, 0.3) is 0 Å². The van der Waals surface area contributed by atoms with Gasteiger partial charge >= 0.3 is 0 Å². The molecule has 0 unspecified atom stereocenters. The average Bonchev–Trinajstić information content (AvgIpc) is 2.35. The third kappa shape index (κ3) is 0.721. The third-order valence-electron chi connectivity index (χ3n) is 1.30. The van der Waals surface area contributed by atoms with Gasteiger partial charge in [-0.15, -0.1) is 11.3 Å². The maximum atomic E-state index is 10.9. The number of hydrogen-bond acceptors (Lipinski definition) is 3. The molecule has 0 spiro atoms. The lowest BCUT2D eigenvalue weighted by atomic mass is 10.3. The first kappa shape index (κ1) is 5.50. The van der Waals surface area contributed by atoms with E-state index in [2.05, 4.69) is 0 Å². The molecular weight excluding hydrogens is 152 g/mol. The predicted octanol–water partition coefficient (Wildman–Crippen LogP) is 2.14. The van der Waals surface area contributed by atoms with E-state index in [0.717, 1.165) is 11.3 Å². The summed E-state index contributed by atoms with van der Waals surface area (Å²) in [4.78, 5) is 12.1. The Kier molecular flexibility index (Phi) is 1.13. The van der Waals surface area contributed by atoms with Crippen LogP contribution in [0.1, 0.15) is 15.2 Å². The molecule has 2 rings (SSSR count). The molecule has 1 aromatic rings. The molecule has 1 aliphatic rings. The SMILES string of the molecule is O=C1SCc2sccc21. The highest BCUT2D eigenvalue weighted by Gasteiger charge is 2.20. The van der Waals surface area contributed by atoms with Crippen molar-refractivity contribution in [3.63, 3.8) is 0 Å². The molecule has 0 radical (unpaired) electrons. The summed E-state index contributed by atoms with van der Waals surface area (Å²) in [5.41, 5.74) is 0.935. The van der Waals surface area contributed by atoms with Gasteiger partial charge < -0.3 is 0 Å². The number of carbonyl (C=O) groups is 1. The van der Waals surface area contributed by atoms with Crippen LogP contribution in [-0.2, 0) is 5.75 Å². The molecule has 0 saturated heterocycles. The van der Waals surface area contributed by atoms with E-state index >= 15 is 0 Å². The molecule has 0 saturated carbocycles. The van der Waals surface area contributed by atoms with Gasteiger partial charge in [0.25, 0.3) is 0 Å². The zero-order valence-electron chi connectivity index (χ0n) is 4.59. The first-order valence-electron chi connectivity index (χ1n) is 2.61. The Morgan fingerprint density at radius 3 is 3.22 bits per heavy atom. The van der Waals surface area contributed by atoms with E-state index in [1.165, 1.54) is 16.6 Å². The minimum Gasteiger partial charge on any atom is -0.282 e. The number of carbonyl (C=O) groups excluding carboxylic acids is 1. The zero-order chi connectivity index (χ0) is 6.27. The Hall–Kier alpha value is -0.280. The number of thiophene rings is 1. The Morgan fingerprint density at radius 2 is 2.44 bits per heavy atom. The van der Waals surface area contributed by atoms with Gasteiger partial charge in [0.05, 0.1) is 0 Å². The highest BCUT2D eigenvalue weighted by molar-refractivity contribution is 8.14. The monoisotopic (exact) mass is 156 g/mol. The maximum Gasteiger partial charge on any atom is 0.220 e. The number of hydrogen-bond donors (Lipinski definition) is 0. The van der Waals surface area contributed by atoms with Crippen LogP contribution < -0.4 is 0 Å². The molecule has 1 aliphatic heterocycles. The second-order valence-electron chi connectivity index (χ2n) is 1.83. The lowest BCUT2D eigenvalue weighted by Gasteiger charge is -1.78. The highest BCUT2D eigenvalue weighted by Crippen LogP contribution is 2.33. The summed E-state index contributed by atoms with van der Waals surface area (Å²) in [7, 11) is 0. The van der Waals surface area contributed by atoms with E-state index in [9.17, 15) is 4.79 Å². The molecule has 2 heterocycles. The quantitative estimate of drug-likeness (QED) is 0.572. The summed E-state index contributed by atoms with van der Waals surface area (Å²) in [5.74, 6) is 0.895. The van der Waals surface area contributed by atoms with E-state index in [1.54, 1.807) is 11.3 Å². The molecule has 0 amide bonds.